The molecule has 232 valence electrons. The molecule has 0 amide bonds. The number of rotatable bonds is 6. The third kappa shape index (κ3) is 5.65. The third-order valence-corrected chi connectivity index (χ3v) is 10.1. The number of furan rings is 1. The van der Waals surface area contributed by atoms with Crippen molar-refractivity contribution in [3.05, 3.63) is 162 Å². The molecule has 8 rings (SSSR count). The molecule has 0 saturated carbocycles. The lowest BCUT2D eigenvalue weighted by molar-refractivity contribution is 0.669. The average molecular weight is 639 g/mol. The van der Waals surface area contributed by atoms with E-state index in [1.807, 2.05) is 30.4 Å². The Bertz CT molecular complexity index is 2530. The number of hydrogen-bond acceptors (Lipinski definition) is 3. The molecule has 0 bridgehead atoms. The molecule has 2 aromatic heterocycles. The first-order valence-corrected chi connectivity index (χ1v) is 17.2. The van der Waals surface area contributed by atoms with Crippen molar-refractivity contribution in [1.29, 1.82) is 0 Å². The van der Waals surface area contributed by atoms with Gasteiger partial charge in [0.05, 0.1) is 6.04 Å². The van der Waals surface area contributed by atoms with E-state index in [1.165, 1.54) is 31.3 Å². The second kappa shape index (κ2) is 12.6. The number of amidine groups is 1. The van der Waals surface area contributed by atoms with E-state index in [9.17, 15) is 0 Å². The quantitative estimate of drug-likeness (QED) is 0.132. The second-order valence-electron chi connectivity index (χ2n) is 12.2. The van der Waals surface area contributed by atoms with Crippen LogP contribution in [0.1, 0.15) is 49.1 Å². The van der Waals surface area contributed by atoms with Gasteiger partial charge in [0.25, 0.3) is 0 Å². The minimum atomic E-state index is -0.110. The highest BCUT2D eigenvalue weighted by molar-refractivity contribution is 7.25. The normalized spacial score (nSPS) is 13.4. The first kappa shape index (κ1) is 29.8. The van der Waals surface area contributed by atoms with Crippen molar-refractivity contribution >= 4 is 71.1 Å². The SMILES string of the molecule is C/C=C/c1ccc2oc3cc(C(N=C(C)c4ccc(-c5ccccc5)cc4)=NC(C)c4ccc5c(c4)sc4ccccc45)ccc3c2c1. The summed E-state index contributed by atoms with van der Waals surface area (Å²) >= 11 is 1.83. The first-order chi connectivity index (χ1) is 23.5. The summed E-state index contributed by atoms with van der Waals surface area (Å²) in [5.41, 5.74) is 9.27. The maximum atomic E-state index is 6.36. The lowest BCUT2D eigenvalue weighted by Crippen LogP contribution is -2.06. The number of allylic oxidation sites excluding steroid dienone is 1. The molecule has 0 aliphatic heterocycles. The van der Waals surface area contributed by atoms with E-state index < -0.39 is 0 Å². The molecule has 1 unspecified atom stereocenters. The predicted octanol–water partition coefficient (Wildman–Crippen LogP) is 12.7. The van der Waals surface area contributed by atoms with Crippen molar-refractivity contribution in [2.75, 3.05) is 0 Å². The highest BCUT2D eigenvalue weighted by atomic mass is 32.1. The van der Waals surface area contributed by atoms with E-state index in [2.05, 4.69) is 147 Å². The Balaban J connectivity index is 1.21. The Labute approximate surface area is 284 Å². The lowest BCUT2D eigenvalue weighted by Gasteiger charge is -2.11. The van der Waals surface area contributed by atoms with Crippen LogP contribution in [-0.4, -0.2) is 11.5 Å². The van der Waals surface area contributed by atoms with E-state index in [-0.39, 0.29) is 6.04 Å². The molecule has 4 heteroatoms. The van der Waals surface area contributed by atoms with Crippen LogP contribution in [0, 0.1) is 0 Å². The largest absolute Gasteiger partial charge is 0.456 e. The zero-order chi connectivity index (χ0) is 32.6. The summed E-state index contributed by atoms with van der Waals surface area (Å²) in [7, 11) is 0. The van der Waals surface area contributed by atoms with Gasteiger partial charge in [-0.15, -0.1) is 11.3 Å². The molecule has 0 spiro atoms. The third-order valence-electron chi connectivity index (χ3n) is 9.00. The number of benzene rings is 6. The summed E-state index contributed by atoms with van der Waals surface area (Å²) in [4.78, 5) is 10.5. The van der Waals surface area contributed by atoms with Crippen LogP contribution in [0.25, 0.3) is 59.3 Å². The lowest BCUT2D eigenvalue weighted by atomic mass is 10.0. The van der Waals surface area contributed by atoms with Crippen LogP contribution in [0.4, 0.5) is 0 Å². The van der Waals surface area contributed by atoms with Crippen LogP contribution in [-0.2, 0) is 0 Å². The van der Waals surface area contributed by atoms with Gasteiger partial charge in [0, 0.05) is 42.2 Å². The maximum absolute atomic E-state index is 6.36. The van der Waals surface area contributed by atoms with E-state index in [1.54, 1.807) is 0 Å². The Morgan fingerprint density at radius 2 is 1.38 bits per heavy atom. The Morgan fingerprint density at radius 3 is 2.21 bits per heavy atom. The van der Waals surface area contributed by atoms with Gasteiger partial charge in [0.1, 0.15) is 11.2 Å². The first-order valence-electron chi connectivity index (χ1n) is 16.3. The van der Waals surface area contributed by atoms with Crippen molar-refractivity contribution in [1.82, 2.24) is 0 Å². The van der Waals surface area contributed by atoms with Crippen LogP contribution in [0.3, 0.4) is 0 Å². The van der Waals surface area contributed by atoms with Gasteiger partial charge in [-0.1, -0.05) is 109 Å². The van der Waals surface area contributed by atoms with Gasteiger partial charge >= 0.3 is 0 Å². The second-order valence-corrected chi connectivity index (χ2v) is 13.3. The summed E-state index contributed by atoms with van der Waals surface area (Å²) < 4.78 is 8.94. The number of fused-ring (bicyclic) bond motifs is 6. The van der Waals surface area contributed by atoms with Crippen LogP contribution in [0.2, 0.25) is 0 Å². The number of thiophene rings is 1. The van der Waals surface area contributed by atoms with Crippen molar-refractivity contribution in [3.63, 3.8) is 0 Å². The molecule has 1 atom stereocenters. The molecule has 48 heavy (non-hydrogen) atoms. The zero-order valence-corrected chi connectivity index (χ0v) is 28.0. The molecule has 0 N–H and O–H groups in total. The monoisotopic (exact) mass is 638 g/mol. The maximum Gasteiger partial charge on any atom is 0.155 e. The van der Waals surface area contributed by atoms with Crippen molar-refractivity contribution in [3.8, 4) is 11.1 Å². The van der Waals surface area contributed by atoms with E-state index in [4.69, 9.17) is 14.4 Å². The summed E-state index contributed by atoms with van der Waals surface area (Å²) in [6, 6.07) is 46.9. The van der Waals surface area contributed by atoms with Gasteiger partial charge in [0.2, 0.25) is 0 Å². The summed E-state index contributed by atoms with van der Waals surface area (Å²) in [5, 5.41) is 4.78. The molecule has 2 heterocycles. The smallest absolute Gasteiger partial charge is 0.155 e. The van der Waals surface area contributed by atoms with Crippen LogP contribution in [0.5, 0.6) is 0 Å². The molecule has 0 aliphatic carbocycles. The number of nitrogens with zero attached hydrogens (tertiary/aromatic N) is 2. The molecule has 8 aromatic rings. The van der Waals surface area contributed by atoms with Crippen molar-refractivity contribution < 1.29 is 4.42 Å². The van der Waals surface area contributed by atoms with Gasteiger partial charge in [0.15, 0.2) is 5.84 Å². The molecule has 3 nitrogen and oxygen atoms in total. The summed E-state index contributed by atoms with van der Waals surface area (Å²) in [5.74, 6) is 0.681. The topological polar surface area (TPSA) is 37.9 Å². The molecule has 0 saturated heterocycles. The van der Waals surface area contributed by atoms with Crippen molar-refractivity contribution in [2.45, 2.75) is 26.8 Å². The molecule has 0 fully saturated rings. The standard InChI is InChI=1S/C44H34N2OS/c1-4-10-30-15-24-40-39(25-30)36-22-21-35(26-41(36)47-40)44(45-28(2)31-16-18-33(19-17-31)32-11-6-5-7-12-32)46-29(3)34-20-23-38-37-13-8-9-14-42(37)48-43(38)27-34/h4-27,29H,1-3H3/b10-4+,45-28?,46-44?. The fraction of sp³-hybridized carbons (Fsp3) is 0.0909. The number of aliphatic imine (C=N–C) groups is 2. The Kier molecular flexibility index (Phi) is 7.79. The van der Waals surface area contributed by atoms with Crippen LogP contribution < -0.4 is 0 Å². The van der Waals surface area contributed by atoms with Gasteiger partial charge in [-0.25, -0.2) is 4.99 Å². The van der Waals surface area contributed by atoms with Crippen LogP contribution in [0.15, 0.2) is 154 Å². The van der Waals surface area contributed by atoms with E-state index in [0.29, 0.717) is 5.84 Å². The molecular formula is C44H34N2OS. The molecule has 0 radical (unpaired) electrons. The Morgan fingerprint density at radius 1 is 0.646 bits per heavy atom. The molecule has 6 aromatic carbocycles. The summed E-state index contributed by atoms with van der Waals surface area (Å²) in [6.45, 7) is 6.24. The molecule has 0 aliphatic rings. The van der Waals surface area contributed by atoms with Gasteiger partial charge in [-0.2, -0.15) is 0 Å². The average Bonchev–Trinajstić information content (AvgIpc) is 3.69. The van der Waals surface area contributed by atoms with Gasteiger partial charge in [-0.05, 0) is 85.0 Å². The fourth-order valence-corrected chi connectivity index (χ4v) is 7.57. The number of hydrogen-bond donors (Lipinski definition) is 0. The predicted molar refractivity (Wildman–Crippen MR) is 207 cm³/mol. The van der Waals surface area contributed by atoms with E-state index in [0.717, 1.165) is 49.9 Å². The zero-order valence-electron chi connectivity index (χ0n) is 27.1. The van der Waals surface area contributed by atoms with E-state index >= 15 is 0 Å². The highest BCUT2D eigenvalue weighted by Gasteiger charge is 2.15. The highest BCUT2D eigenvalue weighted by Crippen LogP contribution is 2.36. The minimum absolute atomic E-state index is 0.110. The minimum Gasteiger partial charge on any atom is -0.456 e. The van der Waals surface area contributed by atoms with Gasteiger partial charge in [-0.3, -0.25) is 4.99 Å². The molecular weight excluding hydrogens is 605 g/mol. The Hall–Kier alpha value is -5.58. The van der Waals surface area contributed by atoms with Crippen LogP contribution >= 0.6 is 11.3 Å². The summed E-state index contributed by atoms with van der Waals surface area (Å²) in [6.07, 6.45) is 4.17. The van der Waals surface area contributed by atoms with Gasteiger partial charge < -0.3 is 4.42 Å². The van der Waals surface area contributed by atoms with Crippen molar-refractivity contribution in [2.24, 2.45) is 9.98 Å². The fourth-order valence-electron chi connectivity index (χ4n) is 6.42.